The standard InChI is InChI=1S/C18H20N4O4S2/c1-3-19-28(24,25)14-7-4-12(5-8-14)20-17(23)11-27-18-21-15-9-6-13(26-2)10-16(15)22-18/h4-10,19H,3,11H2,1-2H3,(H,20,23)(H,21,22). The molecule has 0 unspecified atom stereocenters. The third-order valence-corrected chi connectivity index (χ3v) is 6.22. The number of ether oxygens (including phenoxy) is 1. The van der Waals surface area contributed by atoms with Gasteiger partial charge in [0.25, 0.3) is 0 Å². The predicted molar refractivity (Wildman–Crippen MR) is 109 cm³/mol. The average molecular weight is 421 g/mol. The number of anilines is 1. The molecule has 0 spiro atoms. The summed E-state index contributed by atoms with van der Waals surface area (Å²) in [5, 5.41) is 3.37. The van der Waals surface area contributed by atoms with Crippen LogP contribution in [0.2, 0.25) is 0 Å². The summed E-state index contributed by atoms with van der Waals surface area (Å²) < 4.78 is 31.4. The molecular formula is C18H20N4O4S2. The van der Waals surface area contributed by atoms with Crippen LogP contribution in [0.4, 0.5) is 5.69 Å². The summed E-state index contributed by atoms with van der Waals surface area (Å²) in [4.78, 5) is 19.9. The number of thioether (sulfide) groups is 1. The highest BCUT2D eigenvalue weighted by molar-refractivity contribution is 7.99. The summed E-state index contributed by atoms with van der Waals surface area (Å²) in [6.07, 6.45) is 0. The molecule has 3 rings (SSSR count). The fraction of sp³-hybridized carbons (Fsp3) is 0.222. The van der Waals surface area contributed by atoms with E-state index in [9.17, 15) is 13.2 Å². The molecule has 0 saturated heterocycles. The second kappa shape index (κ2) is 8.63. The normalized spacial score (nSPS) is 11.5. The summed E-state index contributed by atoms with van der Waals surface area (Å²) in [7, 11) is -1.91. The Morgan fingerprint density at radius 2 is 1.96 bits per heavy atom. The smallest absolute Gasteiger partial charge is 0.240 e. The molecule has 1 aromatic heterocycles. The lowest BCUT2D eigenvalue weighted by atomic mass is 10.3. The summed E-state index contributed by atoms with van der Waals surface area (Å²) in [5.41, 5.74) is 2.15. The van der Waals surface area contributed by atoms with Crippen molar-refractivity contribution in [2.45, 2.75) is 17.0 Å². The van der Waals surface area contributed by atoms with Crippen molar-refractivity contribution in [1.82, 2.24) is 14.7 Å². The molecule has 3 N–H and O–H groups in total. The molecule has 2 aromatic carbocycles. The van der Waals surface area contributed by atoms with Crippen molar-refractivity contribution in [2.24, 2.45) is 0 Å². The van der Waals surface area contributed by atoms with Crippen LogP contribution >= 0.6 is 11.8 Å². The van der Waals surface area contributed by atoms with Crippen LogP contribution in [0.25, 0.3) is 11.0 Å². The number of hydrogen-bond acceptors (Lipinski definition) is 6. The van der Waals surface area contributed by atoms with Crippen LogP contribution in [-0.2, 0) is 14.8 Å². The lowest BCUT2D eigenvalue weighted by molar-refractivity contribution is -0.113. The Morgan fingerprint density at radius 3 is 2.64 bits per heavy atom. The molecule has 0 radical (unpaired) electrons. The molecule has 1 heterocycles. The van der Waals surface area contributed by atoms with E-state index in [0.717, 1.165) is 16.8 Å². The van der Waals surface area contributed by atoms with Crippen LogP contribution in [0.5, 0.6) is 5.75 Å². The van der Waals surface area contributed by atoms with Gasteiger partial charge in [-0.3, -0.25) is 4.79 Å². The average Bonchev–Trinajstić information content (AvgIpc) is 3.09. The fourth-order valence-electron chi connectivity index (χ4n) is 2.48. The summed E-state index contributed by atoms with van der Waals surface area (Å²) in [6.45, 7) is 2.02. The minimum Gasteiger partial charge on any atom is -0.497 e. The van der Waals surface area contributed by atoms with Gasteiger partial charge in [-0.05, 0) is 36.4 Å². The van der Waals surface area contributed by atoms with Gasteiger partial charge in [-0.1, -0.05) is 18.7 Å². The number of H-pyrrole nitrogens is 1. The maximum atomic E-state index is 12.2. The van der Waals surface area contributed by atoms with Crippen molar-refractivity contribution in [1.29, 1.82) is 0 Å². The lowest BCUT2D eigenvalue weighted by Crippen LogP contribution is -2.23. The van der Waals surface area contributed by atoms with Crippen molar-refractivity contribution in [3.63, 3.8) is 0 Å². The van der Waals surface area contributed by atoms with E-state index in [1.165, 1.54) is 23.9 Å². The predicted octanol–water partition coefficient (Wildman–Crippen LogP) is 2.60. The molecule has 0 bridgehead atoms. The van der Waals surface area contributed by atoms with Gasteiger partial charge in [-0.2, -0.15) is 0 Å². The second-order valence-electron chi connectivity index (χ2n) is 5.79. The van der Waals surface area contributed by atoms with E-state index < -0.39 is 10.0 Å². The Labute approximate surface area is 167 Å². The SMILES string of the molecule is CCNS(=O)(=O)c1ccc(NC(=O)CSc2nc3ccc(OC)cc3[nH]2)cc1. The van der Waals surface area contributed by atoms with Gasteiger partial charge < -0.3 is 15.0 Å². The minimum atomic E-state index is -3.51. The number of nitrogens with zero attached hydrogens (tertiary/aromatic N) is 1. The van der Waals surface area contributed by atoms with E-state index in [-0.39, 0.29) is 16.6 Å². The zero-order chi connectivity index (χ0) is 20.1. The number of fused-ring (bicyclic) bond motifs is 1. The van der Waals surface area contributed by atoms with Gasteiger partial charge in [0.15, 0.2) is 5.16 Å². The highest BCUT2D eigenvalue weighted by Crippen LogP contribution is 2.23. The third-order valence-electron chi connectivity index (χ3n) is 3.79. The molecular weight excluding hydrogens is 400 g/mol. The van der Waals surface area contributed by atoms with Crippen LogP contribution in [0.3, 0.4) is 0 Å². The third kappa shape index (κ3) is 4.83. The molecule has 10 heteroatoms. The first kappa shape index (κ1) is 20.2. The van der Waals surface area contributed by atoms with Gasteiger partial charge >= 0.3 is 0 Å². The number of carbonyl (C=O) groups is 1. The number of rotatable bonds is 8. The van der Waals surface area contributed by atoms with Crippen molar-refractivity contribution in [3.8, 4) is 5.75 Å². The monoisotopic (exact) mass is 420 g/mol. The van der Waals surface area contributed by atoms with Gasteiger partial charge in [0, 0.05) is 18.3 Å². The van der Waals surface area contributed by atoms with E-state index in [1.54, 1.807) is 26.2 Å². The molecule has 0 atom stereocenters. The number of sulfonamides is 1. The Balaban J connectivity index is 1.58. The zero-order valence-electron chi connectivity index (χ0n) is 15.4. The van der Waals surface area contributed by atoms with E-state index in [0.29, 0.717) is 17.4 Å². The van der Waals surface area contributed by atoms with Crippen LogP contribution < -0.4 is 14.8 Å². The van der Waals surface area contributed by atoms with Crippen LogP contribution in [0.15, 0.2) is 52.5 Å². The first-order valence-corrected chi connectivity index (χ1v) is 10.9. The summed E-state index contributed by atoms with van der Waals surface area (Å²) in [6, 6.07) is 11.5. The Hall–Kier alpha value is -2.56. The number of carbonyl (C=O) groups excluding carboxylic acids is 1. The zero-order valence-corrected chi connectivity index (χ0v) is 17.0. The van der Waals surface area contributed by atoms with Gasteiger partial charge in [0.1, 0.15) is 5.75 Å². The van der Waals surface area contributed by atoms with E-state index >= 15 is 0 Å². The number of imidazole rings is 1. The highest BCUT2D eigenvalue weighted by Gasteiger charge is 2.13. The quantitative estimate of drug-likeness (QED) is 0.483. The molecule has 0 fully saturated rings. The molecule has 0 aliphatic heterocycles. The molecule has 3 aromatic rings. The molecule has 1 amide bonds. The maximum absolute atomic E-state index is 12.2. The first-order chi connectivity index (χ1) is 13.4. The largest absolute Gasteiger partial charge is 0.497 e. The Morgan fingerprint density at radius 1 is 1.21 bits per heavy atom. The highest BCUT2D eigenvalue weighted by atomic mass is 32.2. The van der Waals surface area contributed by atoms with Crippen molar-refractivity contribution < 1.29 is 17.9 Å². The van der Waals surface area contributed by atoms with Crippen LogP contribution in [0.1, 0.15) is 6.92 Å². The van der Waals surface area contributed by atoms with E-state index in [4.69, 9.17) is 4.74 Å². The Bertz CT molecular complexity index is 1080. The van der Waals surface area contributed by atoms with Gasteiger partial charge in [-0.25, -0.2) is 18.1 Å². The van der Waals surface area contributed by atoms with Crippen molar-refractivity contribution in [3.05, 3.63) is 42.5 Å². The number of amides is 1. The first-order valence-electron chi connectivity index (χ1n) is 8.47. The fourth-order valence-corrected chi connectivity index (χ4v) is 4.21. The van der Waals surface area contributed by atoms with Gasteiger partial charge in [-0.15, -0.1) is 0 Å². The topological polar surface area (TPSA) is 113 Å². The number of aromatic amines is 1. The molecule has 0 aliphatic carbocycles. The number of benzene rings is 2. The van der Waals surface area contributed by atoms with E-state index in [2.05, 4.69) is 20.0 Å². The molecule has 8 nitrogen and oxygen atoms in total. The number of nitrogens with one attached hydrogen (secondary N) is 3. The van der Waals surface area contributed by atoms with Crippen molar-refractivity contribution in [2.75, 3.05) is 24.7 Å². The summed E-state index contributed by atoms with van der Waals surface area (Å²) in [5.74, 6) is 0.671. The molecule has 0 aliphatic rings. The van der Waals surface area contributed by atoms with E-state index in [1.807, 2.05) is 18.2 Å². The molecule has 0 saturated carbocycles. The molecule has 28 heavy (non-hydrogen) atoms. The number of aromatic nitrogens is 2. The van der Waals surface area contributed by atoms with Crippen molar-refractivity contribution >= 4 is 44.4 Å². The van der Waals surface area contributed by atoms with Crippen LogP contribution in [-0.4, -0.2) is 43.7 Å². The number of hydrogen-bond donors (Lipinski definition) is 3. The van der Waals surface area contributed by atoms with Gasteiger partial charge in [0.05, 0.1) is 28.8 Å². The Kier molecular flexibility index (Phi) is 6.22. The molecule has 148 valence electrons. The van der Waals surface area contributed by atoms with Gasteiger partial charge in [0.2, 0.25) is 15.9 Å². The van der Waals surface area contributed by atoms with Crippen LogP contribution in [0, 0.1) is 0 Å². The number of methoxy groups -OCH3 is 1. The second-order valence-corrected chi connectivity index (χ2v) is 8.52. The lowest BCUT2D eigenvalue weighted by Gasteiger charge is -2.07. The minimum absolute atomic E-state index is 0.152. The maximum Gasteiger partial charge on any atom is 0.240 e. The summed E-state index contributed by atoms with van der Waals surface area (Å²) >= 11 is 1.28.